The summed E-state index contributed by atoms with van der Waals surface area (Å²) in [6.45, 7) is 4.66. The number of furan rings is 1. The normalized spacial score (nSPS) is 12.8. The highest BCUT2D eigenvalue weighted by Crippen LogP contribution is 2.52. The molecular weight excluding hydrogens is 705 g/mol. The summed E-state index contributed by atoms with van der Waals surface area (Å²) in [5.74, 6) is 0.682. The molecule has 0 saturated heterocycles. The van der Waals surface area contributed by atoms with Crippen LogP contribution in [0.1, 0.15) is 25.0 Å². The number of hydrogen-bond acceptors (Lipinski definition) is 3. The van der Waals surface area contributed by atoms with E-state index in [0.717, 1.165) is 72.3 Å². The van der Waals surface area contributed by atoms with Gasteiger partial charge in [0.1, 0.15) is 11.2 Å². The lowest BCUT2D eigenvalue weighted by molar-refractivity contribution is 0.662. The van der Waals surface area contributed by atoms with Crippen LogP contribution in [0.5, 0.6) is 0 Å². The van der Waals surface area contributed by atoms with Crippen molar-refractivity contribution in [3.8, 4) is 78.4 Å². The van der Waals surface area contributed by atoms with Gasteiger partial charge in [-0.05, 0) is 86.0 Å². The summed E-state index contributed by atoms with van der Waals surface area (Å²) >= 11 is 0. The van der Waals surface area contributed by atoms with E-state index in [0.29, 0.717) is 5.82 Å². The Hall–Kier alpha value is -7.36. The van der Waals surface area contributed by atoms with Crippen LogP contribution in [0.25, 0.3) is 100 Å². The molecule has 2 aromatic heterocycles. The molecule has 0 N–H and O–H groups in total. The van der Waals surface area contributed by atoms with Crippen LogP contribution >= 0.6 is 0 Å². The van der Waals surface area contributed by atoms with Gasteiger partial charge in [-0.15, -0.1) is 0 Å². The minimum atomic E-state index is -0.196. The number of hydrogen-bond donors (Lipinski definition) is 0. The Balaban J connectivity index is 1.10. The molecule has 11 rings (SSSR count). The maximum atomic E-state index is 6.56. The molecule has 1 aliphatic carbocycles. The van der Waals surface area contributed by atoms with E-state index in [4.69, 9.17) is 14.4 Å². The first kappa shape index (κ1) is 33.9. The molecule has 0 amide bonds. The summed E-state index contributed by atoms with van der Waals surface area (Å²) in [6, 6.07) is 68.8. The van der Waals surface area contributed by atoms with E-state index in [9.17, 15) is 0 Å². The van der Waals surface area contributed by atoms with Gasteiger partial charge in [-0.1, -0.05) is 178 Å². The van der Waals surface area contributed by atoms with Crippen molar-refractivity contribution in [2.45, 2.75) is 19.3 Å². The van der Waals surface area contributed by atoms with Gasteiger partial charge >= 0.3 is 0 Å². The van der Waals surface area contributed by atoms with Crippen LogP contribution in [0, 0.1) is 0 Å². The number of nitrogens with zero attached hydrogens (tertiary/aromatic N) is 2. The molecular formula is C55H38N2O. The van der Waals surface area contributed by atoms with Crippen molar-refractivity contribution in [3.05, 3.63) is 205 Å². The van der Waals surface area contributed by atoms with E-state index < -0.39 is 0 Å². The third-order valence-electron chi connectivity index (χ3n) is 11.9. The summed E-state index contributed by atoms with van der Waals surface area (Å²) in [5.41, 5.74) is 18.5. The molecule has 0 bridgehead atoms. The SMILES string of the molecule is CC1(C)c2ccccc2-c2cccc(-c3cc(-c4ccccc4)nc(-c4ccccc4-c4cccc5oc6ccc(-c7cccc(-c8ccccc8)c7)cc6c45)n3)c21. The van der Waals surface area contributed by atoms with Gasteiger partial charge < -0.3 is 4.42 Å². The van der Waals surface area contributed by atoms with Gasteiger partial charge in [0.2, 0.25) is 0 Å². The zero-order valence-electron chi connectivity index (χ0n) is 32.3. The first-order valence-corrected chi connectivity index (χ1v) is 19.9. The second-order valence-corrected chi connectivity index (χ2v) is 15.7. The Kier molecular flexibility index (Phi) is 7.84. The number of aromatic nitrogens is 2. The molecule has 0 atom stereocenters. The van der Waals surface area contributed by atoms with Crippen LogP contribution in [0.15, 0.2) is 199 Å². The standard InChI is InChI=1S/C55H38N2O/c1-55(2)47-28-12-11-23-41(47)43-26-14-27-45(53(43)55)49-34-48(36-18-7-4-8-19-36)56-54(57-49)44-24-10-9-22-40(44)42-25-15-29-51-52(42)46-33-39(30-31-50(46)58-51)38-21-13-20-37(32-38)35-16-5-3-6-17-35/h3-34H,1-2H3. The summed E-state index contributed by atoms with van der Waals surface area (Å²) in [4.78, 5) is 10.8. The Morgan fingerprint density at radius 3 is 1.76 bits per heavy atom. The molecule has 0 radical (unpaired) electrons. The molecule has 0 unspecified atom stereocenters. The van der Waals surface area contributed by atoms with Crippen LogP contribution < -0.4 is 0 Å². The first-order chi connectivity index (χ1) is 28.5. The minimum absolute atomic E-state index is 0.196. The molecule has 274 valence electrons. The van der Waals surface area contributed by atoms with E-state index >= 15 is 0 Å². The van der Waals surface area contributed by atoms with Crippen molar-refractivity contribution in [2.24, 2.45) is 0 Å². The topological polar surface area (TPSA) is 38.9 Å². The molecule has 8 aromatic carbocycles. The lowest BCUT2D eigenvalue weighted by atomic mass is 9.79. The largest absolute Gasteiger partial charge is 0.456 e. The monoisotopic (exact) mass is 742 g/mol. The van der Waals surface area contributed by atoms with E-state index in [1.54, 1.807) is 0 Å². The van der Waals surface area contributed by atoms with Gasteiger partial charge in [-0.3, -0.25) is 0 Å². The fourth-order valence-corrected chi connectivity index (χ4v) is 9.18. The number of benzene rings is 8. The van der Waals surface area contributed by atoms with Crippen LogP contribution in [0.2, 0.25) is 0 Å². The van der Waals surface area contributed by atoms with Gasteiger partial charge in [0.15, 0.2) is 5.82 Å². The lowest BCUT2D eigenvalue weighted by Gasteiger charge is -2.24. The summed E-state index contributed by atoms with van der Waals surface area (Å²) in [6.07, 6.45) is 0. The van der Waals surface area contributed by atoms with Gasteiger partial charge in [0.25, 0.3) is 0 Å². The third kappa shape index (κ3) is 5.50. The van der Waals surface area contributed by atoms with Crippen LogP contribution in [0.3, 0.4) is 0 Å². The Labute approximate surface area is 338 Å². The van der Waals surface area contributed by atoms with E-state index in [-0.39, 0.29) is 5.41 Å². The molecule has 0 aliphatic heterocycles. The maximum Gasteiger partial charge on any atom is 0.161 e. The fraction of sp³-hybridized carbons (Fsp3) is 0.0545. The maximum absolute atomic E-state index is 6.56. The molecule has 58 heavy (non-hydrogen) atoms. The van der Waals surface area contributed by atoms with Gasteiger partial charge in [0.05, 0.1) is 11.4 Å². The average Bonchev–Trinajstić information content (AvgIpc) is 3.78. The van der Waals surface area contributed by atoms with E-state index in [2.05, 4.69) is 202 Å². The van der Waals surface area contributed by atoms with Gasteiger partial charge in [-0.25, -0.2) is 9.97 Å². The highest BCUT2D eigenvalue weighted by atomic mass is 16.3. The van der Waals surface area contributed by atoms with Crippen molar-refractivity contribution >= 4 is 21.9 Å². The highest BCUT2D eigenvalue weighted by Gasteiger charge is 2.37. The molecule has 10 aromatic rings. The molecule has 2 heterocycles. The Bertz CT molecular complexity index is 3190. The molecule has 3 heteroatoms. The number of fused-ring (bicyclic) bond motifs is 6. The van der Waals surface area contributed by atoms with Crippen LogP contribution in [-0.4, -0.2) is 9.97 Å². The summed E-state index contributed by atoms with van der Waals surface area (Å²) < 4.78 is 6.56. The predicted molar refractivity (Wildman–Crippen MR) is 239 cm³/mol. The van der Waals surface area contributed by atoms with Gasteiger partial charge in [0, 0.05) is 32.9 Å². The zero-order valence-corrected chi connectivity index (χ0v) is 32.3. The van der Waals surface area contributed by atoms with Crippen molar-refractivity contribution in [1.29, 1.82) is 0 Å². The van der Waals surface area contributed by atoms with Crippen molar-refractivity contribution in [3.63, 3.8) is 0 Å². The Morgan fingerprint density at radius 2 is 0.948 bits per heavy atom. The van der Waals surface area contributed by atoms with Crippen LogP contribution in [-0.2, 0) is 5.41 Å². The molecule has 0 saturated carbocycles. The van der Waals surface area contributed by atoms with Crippen molar-refractivity contribution in [1.82, 2.24) is 9.97 Å². The second kappa shape index (κ2) is 13.4. The lowest BCUT2D eigenvalue weighted by Crippen LogP contribution is -2.16. The smallest absolute Gasteiger partial charge is 0.161 e. The van der Waals surface area contributed by atoms with Crippen LogP contribution in [0.4, 0.5) is 0 Å². The highest BCUT2D eigenvalue weighted by molar-refractivity contribution is 6.14. The summed E-state index contributed by atoms with van der Waals surface area (Å²) in [7, 11) is 0. The molecule has 0 fully saturated rings. The Morgan fingerprint density at radius 1 is 0.379 bits per heavy atom. The van der Waals surface area contributed by atoms with Gasteiger partial charge in [-0.2, -0.15) is 0 Å². The van der Waals surface area contributed by atoms with Crippen molar-refractivity contribution < 1.29 is 4.42 Å². The summed E-state index contributed by atoms with van der Waals surface area (Å²) in [5, 5.41) is 2.15. The fourth-order valence-electron chi connectivity index (χ4n) is 9.18. The first-order valence-electron chi connectivity index (χ1n) is 19.9. The molecule has 0 spiro atoms. The average molecular weight is 743 g/mol. The predicted octanol–water partition coefficient (Wildman–Crippen LogP) is 14.7. The van der Waals surface area contributed by atoms with E-state index in [1.807, 2.05) is 6.07 Å². The minimum Gasteiger partial charge on any atom is -0.456 e. The molecule has 1 aliphatic rings. The zero-order chi connectivity index (χ0) is 38.8. The number of rotatable bonds is 6. The molecule has 3 nitrogen and oxygen atoms in total. The van der Waals surface area contributed by atoms with Crippen molar-refractivity contribution in [2.75, 3.05) is 0 Å². The second-order valence-electron chi connectivity index (χ2n) is 15.7. The third-order valence-corrected chi connectivity index (χ3v) is 11.9. The quantitative estimate of drug-likeness (QED) is 0.170. The van der Waals surface area contributed by atoms with E-state index in [1.165, 1.54) is 33.4 Å².